The van der Waals surface area contributed by atoms with Crippen molar-refractivity contribution in [2.75, 3.05) is 44.7 Å². The molecule has 2 aromatic rings. The molecule has 0 spiro atoms. The summed E-state index contributed by atoms with van der Waals surface area (Å²) in [6.45, 7) is 5.28. The molecule has 20 heavy (non-hydrogen) atoms. The SMILES string of the molecule is c1ccc(-c2nnc(NCCN3CCOCC3)o2)nc1. The highest BCUT2D eigenvalue weighted by Gasteiger charge is 2.11. The first kappa shape index (κ1) is 13.0. The van der Waals surface area contributed by atoms with E-state index >= 15 is 0 Å². The first-order valence-electron chi connectivity index (χ1n) is 6.71. The summed E-state index contributed by atoms with van der Waals surface area (Å²) >= 11 is 0. The van der Waals surface area contributed by atoms with Gasteiger partial charge in [0.2, 0.25) is 0 Å². The van der Waals surface area contributed by atoms with Gasteiger partial charge in [-0.05, 0) is 12.1 Å². The average Bonchev–Trinajstić information content (AvgIpc) is 2.98. The Morgan fingerprint density at radius 2 is 2.10 bits per heavy atom. The number of hydrogen-bond donors (Lipinski definition) is 1. The summed E-state index contributed by atoms with van der Waals surface area (Å²) in [6, 6.07) is 6.00. The molecule has 0 aliphatic carbocycles. The number of nitrogens with zero attached hydrogens (tertiary/aromatic N) is 4. The van der Waals surface area contributed by atoms with E-state index in [1.165, 1.54) is 0 Å². The highest BCUT2D eigenvalue weighted by Crippen LogP contribution is 2.16. The summed E-state index contributed by atoms with van der Waals surface area (Å²) in [6.07, 6.45) is 1.70. The third kappa shape index (κ3) is 3.31. The Morgan fingerprint density at radius 3 is 2.90 bits per heavy atom. The minimum absolute atomic E-state index is 0.430. The third-order valence-corrected chi connectivity index (χ3v) is 3.12. The summed E-state index contributed by atoms with van der Waals surface area (Å²) < 4.78 is 10.8. The van der Waals surface area contributed by atoms with Gasteiger partial charge >= 0.3 is 6.01 Å². The van der Waals surface area contributed by atoms with Gasteiger partial charge in [-0.15, -0.1) is 5.10 Å². The smallest absolute Gasteiger partial charge is 0.315 e. The molecule has 0 amide bonds. The Morgan fingerprint density at radius 1 is 1.20 bits per heavy atom. The van der Waals surface area contributed by atoms with Crippen LogP contribution in [-0.4, -0.2) is 59.5 Å². The lowest BCUT2D eigenvalue weighted by molar-refractivity contribution is 0.0398. The molecule has 7 heteroatoms. The van der Waals surface area contributed by atoms with Crippen molar-refractivity contribution in [2.24, 2.45) is 0 Å². The number of anilines is 1. The van der Waals surface area contributed by atoms with E-state index in [1.807, 2.05) is 18.2 Å². The van der Waals surface area contributed by atoms with Gasteiger partial charge in [-0.1, -0.05) is 11.2 Å². The second-order valence-electron chi connectivity index (χ2n) is 4.51. The van der Waals surface area contributed by atoms with Crippen molar-refractivity contribution in [2.45, 2.75) is 0 Å². The zero-order valence-electron chi connectivity index (χ0n) is 11.2. The van der Waals surface area contributed by atoms with Crippen LogP contribution in [0, 0.1) is 0 Å². The van der Waals surface area contributed by atoms with E-state index in [0.29, 0.717) is 17.6 Å². The summed E-state index contributed by atoms with van der Waals surface area (Å²) in [5.74, 6) is 0.430. The van der Waals surface area contributed by atoms with Gasteiger partial charge in [0.15, 0.2) is 0 Å². The molecule has 7 nitrogen and oxygen atoms in total. The van der Waals surface area contributed by atoms with Crippen LogP contribution < -0.4 is 5.32 Å². The highest BCUT2D eigenvalue weighted by atomic mass is 16.5. The Labute approximate surface area is 117 Å². The highest BCUT2D eigenvalue weighted by molar-refractivity contribution is 5.46. The zero-order chi connectivity index (χ0) is 13.6. The Kier molecular flexibility index (Phi) is 4.19. The Hall–Kier alpha value is -1.99. The molecular formula is C13H17N5O2. The molecule has 0 bridgehead atoms. The van der Waals surface area contributed by atoms with Crippen LogP contribution in [-0.2, 0) is 4.74 Å². The lowest BCUT2D eigenvalue weighted by Crippen LogP contribution is -2.39. The molecule has 3 rings (SSSR count). The summed E-state index contributed by atoms with van der Waals surface area (Å²) in [4.78, 5) is 6.51. The predicted octanol–water partition coefficient (Wildman–Crippen LogP) is 0.876. The molecule has 1 fully saturated rings. The fourth-order valence-electron chi connectivity index (χ4n) is 2.03. The molecular weight excluding hydrogens is 258 g/mol. The second-order valence-corrected chi connectivity index (χ2v) is 4.51. The van der Waals surface area contributed by atoms with E-state index in [2.05, 4.69) is 25.4 Å². The van der Waals surface area contributed by atoms with Crippen molar-refractivity contribution in [3.05, 3.63) is 24.4 Å². The van der Waals surface area contributed by atoms with E-state index in [1.54, 1.807) is 6.20 Å². The topological polar surface area (TPSA) is 76.3 Å². The monoisotopic (exact) mass is 275 g/mol. The van der Waals surface area contributed by atoms with Gasteiger partial charge in [0.25, 0.3) is 5.89 Å². The molecule has 0 saturated carbocycles. The van der Waals surface area contributed by atoms with Crippen LogP contribution in [0.2, 0.25) is 0 Å². The largest absolute Gasteiger partial charge is 0.402 e. The second kappa shape index (κ2) is 6.44. The summed E-state index contributed by atoms with van der Waals surface area (Å²) in [7, 11) is 0. The molecule has 1 aliphatic rings. The molecule has 2 aromatic heterocycles. The summed E-state index contributed by atoms with van der Waals surface area (Å²) in [5.41, 5.74) is 0.682. The standard InChI is InChI=1S/C13H17N5O2/c1-2-4-14-11(3-1)12-16-17-13(20-12)15-5-6-18-7-9-19-10-8-18/h1-4H,5-10H2,(H,15,17). The van der Waals surface area contributed by atoms with Gasteiger partial charge < -0.3 is 14.5 Å². The number of ether oxygens (including phenoxy) is 1. The number of rotatable bonds is 5. The molecule has 0 aromatic carbocycles. The molecule has 1 aliphatic heterocycles. The van der Waals surface area contributed by atoms with Crippen LogP contribution >= 0.6 is 0 Å². The first-order valence-corrected chi connectivity index (χ1v) is 6.71. The van der Waals surface area contributed by atoms with Crippen LogP contribution in [0.3, 0.4) is 0 Å². The fraction of sp³-hybridized carbons (Fsp3) is 0.462. The van der Waals surface area contributed by atoms with E-state index in [0.717, 1.165) is 39.4 Å². The average molecular weight is 275 g/mol. The van der Waals surface area contributed by atoms with Crippen molar-refractivity contribution >= 4 is 6.01 Å². The molecule has 0 unspecified atom stereocenters. The zero-order valence-corrected chi connectivity index (χ0v) is 11.2. The molecule has 0 radical (unpaired) electrons. The van der Waals surface area contributed by atoms with Crippen LogP contribution in [0.15, 0.2) is 28.8 Å². The van der Waals surface area contributed by atoms with E-state index in [-0.39, 0.29) is 0 Å². The van der Waals surface area contributed by atoms with Crippen molar-refractivity contribution in [3.63, 3.8) is 0 Å². The van der Waals surface area contributed by atoms with Crippen LogP contribution in [0.5, 0.6) is 0 Å². The van der Waals surface area contributed by atoms with Gasteiger partial charge in [-0.25, -0.2) is 0 Å². The number of nitrogens with one attached hydrogen (secondary N) is 1. The van der Waals surface area contributed by atoms with Crippen LogP contribution in [0.1, 0.15) is 0 Å². The summed E-state index contributed by atoms with van der Waals surface area (Å²) in [5, 5.41) is 11.1. The van der Waals surface area contributed by atoms with Gasteiger partial charge in [0.05, 0.1) is 13.2 Å². The van der Waals surface area contributed by atoms with Gasteiger partial charge in [-0.2, -0.15) is 0 Å². The lowest BCUT2D eigenvalue weighted by atomic mass is 10.3. The van der Waals surface area contributed by atoms with Crippen LogP contribution in [0.4, 0.5) is 6.01 Å². The van der Waals surface area contributed by atoms with Crippen molar-refractivity contribution < 1.29 is 9.15 Å². The Balaban J connectivity index is 1.50. The molecule has 1 N–H and O–H groups in total. The van der Waals surface area contributed by atoms with E-state index in [4.69, 9.17) is 9.15 Å². The van der Waals surface area contributed by atoms with Crippen molar-refractivity contribution in [1.82, 2.24) is 20.1 Å². The lowest BCUT2D eigenvalue weighted by Gasteiger charge is -2.26. The number of pyridine rings is 1. The molecule has 3 heterocycles. The molecule has 106 valence electrons. The number of aromatic nitrogens is 3. The fourth-order valence-corrected chi connectivity index (χ4v) is 2.03. The third-order valence-electron chi connectivity index (χ3n) is 3.12. The quantitative estimate of drug-likeness (QED) is 0.867. The van der Waals surface area contributed by atoms with Gasteiger partial charge in [-0.3, -0.25) is 9.88 Å². The first-order chi connectivity index (χ1) is 9.92. The molecule has 1 saturated heterocycles. The maximum absolute atomic E-state index is 5.52. The maximum Gasteiger partial charge on any atom is 0.315 e. The van der Waals surface area contributed by atoms with E-state index < -0.39 is 0 Å². The molecule has 0 atom stereocenters. The number of hydrogen-bond acceptors (Lipinski definition) is 7. The van der Waals surface area contributed by atoms with Crippen molar-refractivity contribution in [1.29, 1.82) is 0 Å². The normalized spacial score (nSPS) is 16.2. The number of morpholine rings is 1. The minimum Gasteiger partial charge on any atom is -0.402 e. The Bertz CT molecular complexity index is 525. The van der Waals surface area contributed by atoms with Gasteiger partial charge in [0.1, 0.15) is 5.69 Å². The predicted molar refractivity (Wildman–Crippen MR) is 73.3 cm³/mol. The van der Waals surface area contributed by atoms with Gasteiger partial charge in [0, 0.05) is 32.4 Å². The van der Waals surface area contributed by atoms with Crippen molar-refractivity contribution in [3.8, 4) is 11.6 Å². The van der Waals surface area contributed by atoms with Crippen LogP contribution in [0.25, 0.3) is 11.6 Å². The van der Waals surface area contributed by atoms with E-state index in [9.17, 15) is 0 Å². The maximum atomic E-state index is 5.52. The minimum atomic E-state index is 0.430.